The van der Waals surface area contributed by atoms with Gasteiger partial charge in [-0.2, -0.15) is 0 Å². The van der Waals surface area contributed by atoms with E-state index in [1.165, 1.54) is 38.5 Å². The van der Waals surface area contributed by atoms with E-state index in [0.29, 0.717) is 5.92 Å². The normalized spacial score (nSPS) is 25.7. The number of carbonyl (C=O) groups is 1. The molecule has 0 heterocycles. The number of hydrogen-bond donors (Lipinski definition) is 0. The Morgan fingerprint density at radius 3 is 2.20 bits per heavy atom. The monoisotopic (exact) mass is 296 g/mol. The van der Waals surface area contributed by atoms with Gasteiger partial charge in [-0.1, -0.05) is 46.0 Å². The molecule has 0 aromatic rings. The molecule has 2 rings (SSSR count). The Bertz CT molecular complexity index is 319. The number of hydrogen-bond acceptors (Lipinski definition) is 2. The standard InChI is InChI=1S/C17H32O2Si/c1-3-15(13-9-5-6-10-13)17(20,4-2)16(18)19-14-11-7-8-12-14/h13-15H,3-12H2,1-2,20H3. The van der Waals surface area contributed by atoms with Gasteiger partial charge >= 0.3 is 5.97 Å². The van der Waals surface area contributed by atoms with Crippen molar-refractivity contribution in [3.63, 3.8) is 0 Å². The second kappa shape index (κ2) is 7.10. The van der Waals surface area contributed by atoms with Gasteiger partial charge in [0.05, 0.1) is 5.04 Å². The van der Waals surface area contributed by atoms with Gasteiger partial charge in [0, 0.05) is 10.2 Å². The molecule has 2 nitrogen and oxygen atoms in total. The Morgan fingerprint density at radius 2 is 1.70 bits per heavy atom. The van der Waals surface area contributed by atoms with Crippen molar-refractivity contribution in [2.24, 2.45) is 11.8 Å². The Labute approximate surface area is 127 Å². The first-order valence-corrected chi connectivity index (χ1v) is 9.82. The minimum Gasteiger partial charge on any atom is -0.462 e. The molecule has 2 aliphatic carbocycles. The summed E-state index contributed by atoms with van der Waals surface area (Å²) in [5.41, 5.74) is 0. The zero-order valence-corrected chi connectivity index (χ0v) is 15.6. The lowest BCUT2D eigenvalue weighted by molar-refractivity contribution is -0.155. The summed E-state index contributed by atoms with van der Waals surface area (Å²) in [5, 5.41) is -0.133. The summed E-state index contributed by atoms with van der Waals surface area (Å²) in [6.07, 6.45) is 12.4. The fourth-order valence-corrected chi connectivity index (χ4v) is 5.51. The molecule has 0 saturated heterocycles. The van der Waals surface area contributed by atoms with Crippen molar-refractivity contribution < 1.29 is 9.53 Å². The molecule has 0 bridgehead atoms. The lowest BCUT2D eigenvalue weighted by Gasteiger charge is -2.39. The van der Waals surface area contributed by atoms with Crippen molar-refractivity contribution in [3.05, 3.63) is 0 Å². The highest BCUT2D eigenvalue weighted by atomic mass is 28.1. The first-order valence-electron chi connectivity index (χ1n) is 8.82. The van der Waals surface area contributed by atoms with Crippen LogP contribution >= 0.6 is 0 Å². The van der Waals surface area contributed by atoms with Crippen LogP contribution in [0.1, 0.15) is 78.1 Å². The fraction of sp³-hybridized carbons (Fsp3) is 0.941. The predicted molar refractivity (Wildman–Crippen MR) is 87.0 cm³/mol. The Balaban J connectivity index is 2.06. The maximum absolute atomic E-state index is 12.8. The summed E-state index contributed by atoms with van der Waals surface area (Å²) in [6, 6.07) is 0. The number of ether oxygens (including phenoxy) is 1. The summed E-state index contributed by atoms with van der Waals surface area (Å²) in [7, 11) is 0.937. The molecule has 0 radical (unpaired) electrons. The smallest absolute Gasteiger partial charge is 0.308 e. The van der Waals surface area contributed by atoms with Crippen LogP contribution in [0.5, 0.6) is 0 Å². The highest BCUT2D eigenvalue weighted by molar-refractivity contribution is 6.27. The van der Waals surface area contributed by atoms with E-state index in [1.807, 2.05) is 0 Å². The zero-order valence-electron chi connectivity index (χ0n) is 13.6. The number of carbonyl (C=O) groups excluding carboxylic acids is 1. The molecule has 2 atom stereocenters. The summed E-state index contributed by atoms with van der Waals surface area (Å²) >= 11 is 0. The average Bonchev–Trinajstić information content (AvgIpc) is 3.12. The van der Waals surface area contributed by atoms with Crippen molar-refractivity contribution >= 4 is 16.2 Å². The van der Waals surface area contributed by atoms with Crippen molar-refractivity contribution in [1.29, 1.82) is 0 Å². The maximum atomic E-state index is 12.8. The summed E-state index contributed by atoms with van der Waals surface area (Å²) in [4.78, 5) is 12.8. The Kier molecular flexibility index (Phi) is 5.71. The van der Waals surface area contributed by atoms with Crippen molar-refractivity contribution in [2.75, 3.05) is 0 Å². The Hall–Kier alpha value is -0.313. The molecule has 0 N–H and O–H groups in total. The molecule has 2 fully saturated rings. The molecule has 3 heteroatoms. The molecule has 0 amide bonds. The van der Waals surface area contributed by atoms with Crippen LogP contribution < -0.4 is 0 Å². The van der Waals surface area contributed by atoms with E-state index in [9.17, 15) is 4.79 Å². The number of rotatable bonds is 6. The zero-order chi connectivity index (χ0) is 14.6. The molecule has 0 aromatic carbocycles. The molecule has 2 saturated carbocycles. The Morgan fingerprint density at radius 1 is 1.15 bits per heavy atom. The van der Waals surface area contributed by atoms with Gasteiger partial charge in [-0.05, 0) is 43.9 Å². The van der Waals surface area contributed by atoms with Gasteiger partial charge in [-0.15, -0.1) is 0 Å². The third-order valence-corrected chi connectivity index (χ3v) is 7.86. The first-order chi connectivity index (χ1) is 9.61. The minimum atomic E-state index is -0.133. The van der Waals surface area contributed by atoms with Gasteiger partial charge in [0.1, 0.15) is 6.10 Å². The van der Waals surface area contributed by atoms with Crippen LogP contribution in [0.15, 0.2) is 0 Å². The first kappa shape index (κ1) is 16.1. The van der Waals surface area contributed by atoms with E-state index < -0.39 is 0 Å². The third-order valence-electron chi connectivity index (χ3n) is 6.00. The second-order valence-corrected chi connectivity index (χ2v) is 8.93. The molecule has 0 spiro atoms. The van der Waals surface area contributed by atoms with Crippen molar-refractivity contribution in [1.82, 2.24) is 0 Å². The van der Waals surface area contributed by atoms with Gasteiger partial charge in [0.25, 0.3) is 0 Å². The summed E-state index contributed by atoms with van der Waals surface area (Å²) < 4.78 is 5.91. The fourth-order valence-electron chi connectivity index (χ4n) is 4.51. The van der Waals surface area contributed by atoms with Gasteiger partial charge in [-0.25, -0.2) is 0 Å². The van der Waals surface area contributed by atoms with E-state index in [0.717, 1.165) is 41.8 Å². The largest absolute Gasteiger partial charge is 0.462 e. The van der Waals surface area contributed by atoms with E-state index in [4.69, 9.17) is 4.74 Å². The van der Waals surface area contributed by atoms with Crippen LogP contribution in [0.25, 0.3) is 0 Å². The van der Waals surface area contributed by atoms with Gasteiger partial charge < -0.3 is 4.74 Å². The van der Waals surface area contributed by atoms with E-state index in [1.54, 1.807) is 0 Å². The SMILES string of the molecule is CCC(C1CCCC1)C([SiH3])(CC)C(=O)OC1CCCC1. The van der Waals surface area contributed by atoms with Gasteiger partial charge in [0.15, 0.2) is 0 Å². The van der Waals surface area contributed by atoms with Crippen LogP contribution in [-0.4, -0.2) is 22.3 Å². The summed E-state index contributed by atoms with van der Waals surface area (Å²) in [5.74, 6) is 1.49. The third kappa shape index (κ3) is 3.29. The number of esters is 1. The van der Waals surface area contributed by atoms with Gasteiger partial charge in [0.2, 0.25) is 0 Å². The van der Waals surface area contributed by atoms with Crippen LogP contribution in [0.4, 0.5) is 0 Å². The van der Waals surface area contributed by atoms with Crippen molar-refractivity contribution in [3.8, 4) is 0 Å². The lowest BCUT2D eigenvalue weighted by atomic mass is 9.76. The van der Waals surface area contributed by atoms with Crippen LogP contribution in [-0.2, 0) is 9.53 Å². The highest BCUT2D eigenvalue weighted by Gasteiger charge is 2.45. The lowest BCUT2D eigenvalue weighted by Crippen LogP contribution is -2.38. The molecular weight excluding hydrogens is 264 g/mol. The predicted octanol–water partition coefficient (Wildman–Crippen LogP) is 3.62. The second-order valence-electron chi connectivity index (χ2n) is 7.14. The molecule has 2 unspecified atom stereocenters. The maximum Gasteiger partial charge on any atom is 0.308 e. The van der Waals surface area contributed by atoms with Crippen LogP contribution in [0.2, 0.25) is 5.04 Å². The van der Waals surface area contributed by atoms with E-state index >= 15 is 0 Å². The minimum absolute atomic E-state index is 0.133. The quantitative estimate of drug-likeness (QED) is 0.553. The molecule has 20 heavy (non-hydrogen) atoms. The molecular formula is C17H32O2Si. The topological polar surface area (TPSA) is 26.3 Å². The van der Waals surface area contributed by atoms with Gasteiger partial charge in [-0.3, -0.25) is 4.79 Å². The van der Waals surface area contributed by atoms with Crippen molar-refractivity contribution in [2.45, 2.75) is 89.2 Å². The highest BCUT2D eigenvalue weighted by Crippen LogP contribution is 2.49. The average molecular weight is 297 g/mol. The molecule has 2 aliphatic rings. The van der Waals surface area contributed by atoms with E-state index in [2.05, 4.69) is 13.8 Å². The molecule has 0 aromatic heterocycles. The van der Waals surface area contributed by atoms with Crippen LogP contribution in [0, 0.1) is 11.8 Å². The summed E-state index contributed by atoms with van der Waals surface area (Å²) in [6.45, 7) is 4.47. The van der Waals surface area contributed by atoms with E-state index in [-0.39, 0.29) is 17.1 Å². The van der Waals surface area contributed by atoms with Crippen LogP contribution in [0.3, 0.4) is 0 Å². The molecule has 116 valence electrons. The molecule has 0 aliphatic heterocycles.